The maximum atomic E-state index is 14.6. The highest BCUT2D eigenvalue weighted by Crippen LogP contribution is 2.30. The monoisotopic (exact) mass is 516 g/mol. The lowest BCUT2D eigenvalue weighted by atomic mass is 10.0. The van der Waals surface area contributed by atoms with Gasteiger partial charge in [0.15, 0.2) is 11.4 Å². The molecule has 0 spiro atoms. The van der Waals surface area contributed by atoms with Crippen molar-refractivity contribution < 1.29 is 22.3 Å². The number of anilines is 1. The van der Waals surface area contributed by atoms with Crippen molar-refractivity contribution in [3.05, 3.63) is 76.0 Å². The number of allylic oxidation sites excluding steroid dienone is 3. The van der Waals surface area contributed by atoms with E-state index in [4.69, 9.17) is 0 Å². The number of rotatable bonds is 5. The van der Waals surface area contributed by atoms with E-state index in [-0.39, 0.29) is 23.7 Å². The standard InChI is InChI=1S/C25H24F4N6O2/c1-16-4-2-5-17(26)22(16)34-12-10-33(11-13-34)20-14-18-23(32-9-8-31-18)35(24(20)36)15-19-21(6-3-7-30-19)37-25(27,28)29/h3-4,6-9,14H,2,5,10-13,15H2,1H3. The van der Waals surface area contributed by atoms with Gasteiger partial charge in [0.25, 0.3) is 5.56 Å². The van der Waals surface area contributed by atoms with E-state index >= 15 is 0 Å². The second-order valence-corrected chi connectivity index (χ2v) is 8.84. The number of hydrogen-bond donors (Lipinski definition) is 0. The minimum atomic E-state index is -4.91. The average molecular weight is 516 g/mol. The molecule has 0 radical (unpaired) electrons. The van der Waals surface area contributed by atoms with Gasteiger partial charge in [-0.1, -0.05) is 6.08 Å². The van der Waals surface area contributed by atoms with Crippen LogP contribution in [0.1, 0.15) is 25.5 Å². The number of pyridine rings is 2. The number of hydrogen-bond acceptors (Lipinski definition) is 7. The van der Waals surface area contributed by atoms with Gasteiger partial charge in [-0.2, -0.15) is 0 Å². The zero-order valence-corrected chi connectivity index (χ0v) is 20.0. The third-order valence-corrected chi connectivity index (χ3v) is 6.46. The second-order valence-electron chi connectivity index (χ2n) is 8.84. The lowest BCUT2D eigenvalue weighted by molar-refractivity contribution is -0.275. The van der Waals surface area contributed by atoms with Crippen LogP contribution in [0.5, 0.6) is 5.75 Å². The van der Waals surface area contributed by atoms with Crippen LogP contribution in [0, 0.1) is 0 Å². The molecule has 37 heavy (non-hydrogen) atoms. The van der Waals surface area contributed by atoms with Gasteiger partial charge in [-0.25, -0.2) is 9.37 Å². The minimum Gasteiger partial charge on any atom is -0.404 e. The normalized spacial score (nSPS) is 16.8. The molecule has 8 nitrogen and oxygen atoms in total. The molecule has 194 valence electrons. The van der Waals surface area contributed by atoms with Crippen molar-refractivity contribution in [2.75, 3.05) is 31.1 Å². The number of fused-ring (bicyclic) bond motifs is 1. The van der Waals surface area contributed by atoms with Gasteiger partial charge in [-0.15, -0.1) is 13.2 Å². The van der Waals surface area contributed by atoms with Crippen molar-refractivity contribution in [1.29, 1.82) is 0 Å². The fourth-order valence-corrected chi connectivity index (χ4v) is 4.80. The summed E-state index contributed by atoms with van der Waals surface area (Å²) < 4.78 is 58.7. The van der Waals surface area contributed by atoms with Crippen molar-refractivity contribution in [2.45, 2.75) is 32.7 Å². The van der Waals surface area contributed by atoms with E-state index in [1.807, 2.05) is 22.8 Å². The fraction of sp³-hybridized carbons (Fsp3) is 0.360. The van der Waals surface area contributed by atoms with Gasteiger partial charge in [-0.3, -0.25) is 19.3 Å². The first-order valence-electron chi connectivity index (χ1n) is 11.8. The molecule has 5 rings (SSSR count). The molecule has 1 fully saturated rings. The Morgan fingerprint density at radius 1 is 1.03 bits per heavy atom. The topological polar surface area (TPSA) is 76.4 Å². The maximum absolute atomic E-state index is 14.6. The van der Waals surface area contributed by atoms with Crippen LogP contribution in [-0.4, -0.2) is 57.0 Å². The molecule has 0 aromatic carbocycles. The maximum Gasteiger partial charge on any atom is 0.573 e. The summed E-state index contributed by atoms with van der Waals surface area (Å²) in [5, 5.41) is 0. The van der Waals surface area contributed by atoms with E-state index in [0.717, 1.165) is 11.6 Å². The molecule has 0 saturated carbocycles. The van der Waals surface area contributed by atoms with Crippen molar-refractivity contribution >= 4 is 16.9 Å². The summed E-state index contributed by atoms with van der Waals surface area (Å²) in [5.74, 6) is -0.617. The highest BCUT2D eigenvalue weighted by molar-refractivity contribution is 5.75. The number of aromatic nitrogens is 4. The van der Waals surface area contributed by atoms with E-state index in [0.29, 0.717) is 55.9 Å². The first kappa shape index (κ1) is 24.7. The summed E-state index contributed by atoms with van der Waals surface area (Å²) in [5.41, 5.74) is 1.99. The Bertz CT molecular complexity index is 1440. The van der Waals surface area contributed by atoms with Gasteiger partial charge >= 0.3 is 6.36 Å². The van der Waals surface area contributed by atoms with Gasteiger partial charge in [0.1, 0.15) is 22.7 Å². The largest absolute Gasteiger partial charge is 0.573 e. The van der Waals surface area contributed by atoms with Crippen LogP contribution in [0.25, 0.3) is 11.2 Å². The number of alkyl halides is 3. The second kappa shape index (κ2) is 9.83. The van der Waals surface area contributed by atoms with E-state index in [9.17, 15) is 22.4 Å². The zero-order valence-electron chi connectivity index (χ0n) is 20.0. The van der Waals surface area contributed by atoms with Crippen molar-refractivity contribution in [2.24, 2.45) is 0 Å². The number of piperazine rings is 1. The number of ether oxygens (including phenoxy) is 1. The van der Waals surface area contributed by atoms with Crippen LogP contribution in [0.15, 0.2) is 64.8 Å². The van der Waals surface area contributed by atoms with E-state index in [1.165, 1.54) is 29.2 Å². The van der Waals surface area contributed by atoms with Crippen molar-refractivity contribution in [3.8, 4) is 5.75 Å². The Morgan fingerprint density at radius 3 is 2.49 bits per heavy atom. The molecular formula is C25H24F4N6O2. The third kappa shape index (κ3) is 5.13. The Morgan fingerprint density at radius 2 is 1.76 bits per heavy atom. The summed E-state index contributed by atoms with van der Waals surface area (Å²) >= 11 is 0. The van der Waals surface area contributed by atoms with Gasteiger partial charge in [0.2, 0.25) is 0 Å². The number of nitrogens with zero attached hydrogens (tertiary/aromatic N) is 6. The summed E-state index contributed by atoms with van der Waals surface area (Å²) in [7, 11) is 0. The molecule has 0 N–H and O–H groups in total. The van der Waals surface area contributed by atoms with Crippen LogP contribution in [-0.2, 0) is 6.54 Å². The Kier molecular flexibility index (Phi) is 6.57. The molecule has 1 aliphatic carbocycles. The summed E-state index contributed by atoms with van der Waals surface area (Å²) in [6.07, 6.45) is 2.40. The smallest absolute Gasteiger partial charge is 0.404 e. The lowest BCUT2D eigenvalue weighted by Crippen LogP contribution is -2.48. The fourth-order valence-electron chi connectivity index (χ4n) is 4.80. The quantitative estimate of drug-likeness (QED) is 0.471. The molecule has 12 heteroatoms. The molecule has 0 unspecified atom stereocenters. The molecular weight excluding hydrogens is 492 g/mol. The van der Waals surface area contributed by atoms with Crippen LogP contribution >= 0.6 is 0 Å². The average Bonchev–Trinajstić information content (AvgIpc) is 2.86. The van der Waals surface area contributed by atoms with Gasteiger partial charge in [0.05, 0.1) is 12.2 Å². The first-order valence-corrected chi connectivity index (χ1v) is 11.8. The van der Waals surface area contributed by atoms with Crippen LogP contribution in [0.2, 0.25) is 0 Å². The Hall–Kier alpha value is -3.96. The van der Waals surface area contributed by atoms with Gasteiger partial charge in [-0.05, 0) is 37.1 Å². The summed E-state index contributed by atoms with van der Waals surface area (Å²) in [6.45, 7) is 3.53. The third-order valence-electron chi connectivity index (χ3n) is 6.46. The lowest BCUT2D eigenvalue weighted by Gasteiger charge is -2.39. The molecule has 0 amide bonds. The molecule has 0 bridgehead atoms. The summed E-state index contributed by atoms with van der Waals surface area (Å²) in [6, 6.07) is 4.10. The van der Waals surface area contributed by atoms with Crippen molar-refractivity contribution in [3.63, 3.8) is 0 Å². The summed E-state index contributed by atoms with van der Waals surface area (Å²) in [4.78, 5) is 30.1. The van der Waals surface area contributed by atoms with Crippen LogP contribution < -0.4 is 15.2 Å². The Balaban J connectivity index is 1.47. The van der Waals surface area contributed by atoms with E-state index in [2.05, 4.69) is 19.7 Å². The molecule has 1 aliphatic heterocycles. The van der Waals surface area contributed by atoms with Crippen molar-refractivity contribution in [1.82, 2.24) is 24.4 Å². The molecule has 1 saturated heterocycles. The highest BCUT2D eigenvalue weighted by atomic mass is 19.4. The molecule has 0 atom stereocenters. The van der Waals surface area contributed by atoms with Crippen LogP contribution in [0.3, 0.4) is 0 Å². The molecule has 3 aromatic heterocycles. The van der Waals surface area contributed by atoms with E-state index in [1.54, 1.807) is 6.07 Å². The molecule has 4 heterocycles. The zero-order chi connectivity index (χ0) is 26.2. The van der Waals surface area contributed by atoms with Gasteiger partial charge < -0.3 is 14.5 Å². The Labute approximate surface area is 209 Å². The number of halogens is 4. The predicted octanol–water partition coefficient (Wildman–Crippen LogP) is 4.18. The molecule has 2 aliphatic rings. The molecule has 3 aromatic rings. The van der Waals surface area contributed by atoms with E-state index < -0.39 is 17.7 Å². The van der Waals surface area contributed by atoms with Gasteiger partial charge in [0, 0.05) is 51.2 Å². The van der Waals surface area contributed by atoms with Crippen LogP contribution in [0.4, 0.5) is 23.2 Å². The highest BCUT2D eigenvalue weighted by Gasteiger charge is 2.33. The predicted molar refractivity (Wildman–Crippen MR) is 129 cm³/mol. The SMILES string of the molecule is CC1=CCCC(F)=C1N1CCN(c2cc3nccnc3n(Cc3ncccc3OC(F)(F)F)c2=O)CC1. The minimum absolute atomic E-state index is 0.0715. The first-order chi connectivity index (χ1) is 17.7.